The van der Waals surface area contributed by atoms with Crippen LogP contribution >= 0.6 is 22.9 Å². The molecule has 0 amide bonds. The lowest BCUT2D eigenvalue weighted by Crippen LogP contribution is -1.97. The van der Waals surface area contributed by atoms with Crippen molar-refractivity contribution in [1.82, 2.24) is 4.98 Å². The van der Waals surface area contributed by atoms with E-state index < -0.39 is 5.97 Å². The summed E-state index contributed by atoms with van der Waals surface area (Å²) in [5.41, 5.74) is 1.52. The van der Waals surface area contributed by atoms with E-state index in [9.17, 15) is 4.79 Å². The Kier molecular flexibility index (Phi) is 4.62. The van der Waals surface area contributed by atoms with Crippen molar-refractivity contribution in [1.29, 1.82) is 0 Å². The lowest BCUT2D eigenvalue weighted by Gasteiger charge is -2.07. The van der Waals surface area contributed by atoms with Crippen LogP contribution in [-0.2, 0) is 12.8 Å². The van der Waals surface area contributed by atoms with Crippen molar-refractivity contribution in [3.8, 4) is 5.75 Å². The van der Waals surface area contributed by atoms with E-state index in [0.717, 1.165) is 16.3 Å². The monoisotopic (exact) mass is 311 g/mol. The molecule has 2 aromatic rings. The Morgan fingerprint density at radius 2 is 2.25 bits per heavy atom. The molecule has 1 aromatic heterocycles. The van der Waals surface area contributed by atoms with Crippen LogP contribution in [0.4, 0.5) is 0 Å². The number of aromatic nitrogens is 1. The smallest absolute Gasteiger partial charge is 0.347 e. The zero-order valence-electron chi connectivity index (χ0n) is 11.1. The summed E-state index contributed by atoms with van der Waals surface area (Å²) in [7, 11) is 1.59. The maximum Gasteiger partial charge on any atom is 0.347 e. The average molecular weight is 312 g/mol. The summed E-state index contributed by atoms with van der Waals surface area (Å²) in [5, 5.41) is 10.5. The Hall–Kier alpha value is -1.59. The van der Waals surface area contributed by atoms with Crippen LogP contribution in [0.3, 0.4) is 0 Å². The number of carbonyl (C=O) groups is 1. The molecule has 6 heteroatoms. The molecule has 0 unspecified atom stereocenters. The summed E-state index contributed by atoms with van der Waals surface area (Å²) in [6.07, 6.45) is 1.11. The number of rotatable bonds is 5. The van der Waals surface area contributed by atoms with Gasteiger partial charge in [-0.15, -0.1) is 11.3 Å². The van der Waals surface area contributed by atoms with E-state index >= 15 is 0 Å². The van der Waals surface area contributed by atoms with Gasteiger partial charge in [-0.3, -0.25) is 0 Å². The zero-order chi connectivity index (χ0) is 14.7. The van der Waals surface area contributed by atoms with E-state index in [0.29, 0.717) is 28.4 Å². The summed E-state index contributed by atoms with van der Waals surface area (Å²) < 4.78 is 5.29. The van der Waals surface area contributed by atoms with Crippen LogP contribution in [0.2, 0.25) is 5.02 Å². The van der Waals surface area contributed by atoms with E-state index in [1.807, 2.05) is 13.0 Å². The van der Waals surface area contributed by atoms with Crippen LogP contribution in [-0.4, -0.2) is 23.2 Å². The summed E-state index contributed by atoms with van der Waals surface area (Å²) >= 11 is 7.19. The van der Waals surface area contributed by atoms with E-state index in [4.69, 9.17) is 21.4 Å². The Morgan fingerprint density at radius 1 is 1.50 bits per heavy atom. The van der Waals surface area contributed by atoms with Gasteiger partial charge < -0.3 is 9.84 Å². The minimum absolute atomic E-state index is 0.309. The third kappa shape index (κ3) is 3.11. The Bertz CT molecular complexity index is 639. The lowest BCUT2D eigenvalue weighted by atomic mass is 10.1. The second kappa shape index (κ2) is 6.24. The molecule has 0 saturated carbocycles. The number of halogens is 1. The average Bonchev–Trinajstić information content (AvgIpc) is 2.82. The highest BCUT2D eigenvalue weighted by Gasteiger charge is 2.17. The molecule has 0 atom stereocenters. The highest BCUT2D eigenvalue weighted by Crippen LogP contribution is 2.28. The van der Waals surface area contributed by atoms with Crippen LogP contribution in [0.5, 0.6) is 5.75 Å². The maximum absolute atomic E-state index is 11.1. The van der Waals surface area contributed by atoms with Crippen LogP contribution < -0.4 is 4.74 Å². The Morgan fingerprint density at radius 3 is 2.80 bits per heavy atom. The molecule has 20 heavy (non-hydrogen) atoms. The molecule has 0 bridgehead atoms. The number of aryl methyl sites for hydroxylation is 1. The second-order valence-corrected chi connectivity index (χ2v) is 5.70. The predicted octanol–water partition coefficient (Wildman–Crippen LogP) is 3.66. The lowest BCUT2D eigenvalue weighted by molar-refractivity contribution is 0.0701. The Labute approximate surface area is 126 Å². The largest absolute Gasteiger partial charge is 0.496 e. The van der Waals surface area contributed by atoms with Gasteiger partial charge in [0.25, 0.3) is 0 Å². The van der Waals surface area contributed by atoms with Crippen LogP contribution in [0.15, 0.2) is 18.2 Å². The maximum atomic E-state index is 11.1. The third-order valence-corrected chi connectivity index (χ3v) is 4.18. The minimum Gasteiger partial charge on any atom is -0.496 e. The van der Waals surface area contributed by atoms with Crippen LogP contribution in [0.1, 0.15) is 32.9 Å². The molecule has 0 aliphatic heterocycles. The van der Waals surface area contributed by atoms with Gasteiger partial charge >= 0.3 is 5.97 Å². The summed E-state index contributed by atoms with van der Waals surface area (Å²) in [6, 6.07) is 5.36. The first-order chi connectivity index (χ1) is 9.55. The van der Waals surface area contributed by atoms with Crippen LogP contribution in [0, 0.1) is 0 Å². The van der Waals surface area contributed by atoms with Crippen molar-refractivity contribution in [2.24, 2.45) is 0 Å². The molecule has 2 rings (SSSR count). The molecule has 0 fully saturated rings. The number of methoxy groups -OCH3 is 1. The first-order valence-electron chi connectivity index (χ1n) is 6.09. The molecular formula is C14H14ClNO3S. The number of carboxylic acid groups (broad SMARTS) is 1. The third-order valence-electron chi connectivity index (χ3n) is 2.85. The number of benzene rings is 1. The second-order valence-electron chi connectivity index (χ2n) is 4.18. The van der Waals surface area contributed by atoms with Crippen molar-refractivity contribution in [2.75, 3.05) is 7.11 Å². The number of ether oxygens (including phenoxy) is 1. The number of thiazole rings is 1. The van der Waals surface area contributed by atoms with Crippen molar-refractivity contribution in [3.05, 3.63) is 44.4 Å². The molecule has 1 heterocycles. The van der Waals surface area contributed by atoms with Gasteiger partial charge in [0.2, 0.25) is 0 Å². The Balaban J connectivity index is 2.35. The topological polar surface area (TPSA) is 59.4 Å². The number of nitrogens with zero attached hydrogens (tertiary/aromatic N) is 1. The SMILES string of the molecule is CCc1nc(Cc2cc(Cl)ccc2OC)sc1C(=O)O. The van der Waals surface area contributed by atoms with Gasteiger partial charge in [-0.1, -0.05) is 18.5 Å². The molecule has 0 radical (unpaired) electrons. The van der Waals surface area contributed by atoms with Crippen molar-refractivity contribution < 1.29 is 14.6 Å². The standard InChI is InChI=1S/C14H14ClNO3S/c1-3-10-13(14(17)18)20-12(16-10)7-8-6-9(15)4-5-11(8)19-2/h4-6H,3,7H2,1-2H3,(H,17,18). The summed E-state index contributed by atoms with van der Waals surface area (Å²) in [5.74, 6) is -0.205. The molecular weight excluding hydrogens is 298 g/mol. The molecule has 106 valence electrons. The van der Waals surface area contributed by atoms with Gasteiger partial charge in [0.15, 0.2) is 0 Å². The fraction of sp³-hybridized carbons (Fsp3) is 0.286. The first kappa shape index (κ1) is 14.8. The number of hydrogen-bond donors (Lipinski definition) is 1. The van der Waals surface area contributed by atoms with Gasteiger partial charge in [-0.05, 0) is 24.6 Å². The number of hydrogen-bond acceptors (Lipinski definition) is 4. The van der Waals surface area contributed by atoms with E-state index in [2.05, 4.69) is 4.98 Å². The minimum atomic E-state index is -0.927. The molecule has 0 aliphatic carbocycles. The molecule has 0 aliphatic rings. The number of carboxylic acids is 1. The van der Waals surface area contributed by atoms with E-state index in [1.165, 1.54) is 11.3 Å². The molecule has 4 nitrogen and oxygen atoms in total. The molecule has 0 saturated heterocycles. The fourth-order valence-corrected chi connectivity index (χ4v) is 3.14. The predicted molar refractivity (Wildman–Crippen MR) is 79.3 cm³/mol. The highest BCUT2D eigenvalue weighted by molar-refractivity contribution is 7.13. The van der Waals surface area contributed by atoms with Gasteiger partial charge in [-0.2, -0.15) is 0 Å². The van der Waals surface area contributed by atoms with Crippen molar-refractivity contribution in [2.45, 2.75) is 19.8 Å². The van der Waals surface area contributed by atoms with Crippen molar-refractivity contribution >= 4 is 28.9 Å². The zero-order valence-corrected chi connectivity index (χ0v) is 12.7. The van der Waals surface area contributed by atoms with Gasteiger partial charge in [-0.25, -0.2) is 9.78 Å². The van der Waals surface area contributed by atoms with Crippen molar-refractivity contribution in [3.63, 3.8) is 0 Å². The van der Waals surface area contributed by atoms with Gasteiger partial charge in [0.1, 0.15) is 10.6 Å². The summed E-state index contributed by atoms with van der Waals surface area (Å²) in [6.45, 7) is 1.89. The molecule has 1 aromatic carbocycles. The fourth-order valence-electron chi connectivity index (χ4n) is 1.93. The normalized spacial score (nSPS) is 10.6. The molecule has 1 N–H and O–H groups in total. The first-order valence-corrected chi connectivity index (χ1v) is 7.28. The van der Waals surface area contributed by atoms with E-state index in [1.54, 1.807) is 19.2 Å². The molecule has 0 spiro atoms. The number of aromatic carboxylic acids is 1. The van der Waals surface area contributed by atoms with Gasteiger partial charge in [0, 0.05) is 17.0 Å². The van der Waals surface area contributed by atoms with Crippen LogP contribution in [0.25, 0.3) is 0 Å². The summed E-state index contributed by atoms with van der Waals surface area (Å²) in [4.78, 5) is 15.8. The quantitative estimate of drug-likeness (QED) is 0.915. The highest BCUT2D eigenvalue weighted by atomic mass is 35.5. The van der Waals surface area contributed by atoms with E-state index in [-0.39, 0.29) is 0 Å². The van der Waals surface area contributed by atoms with Gasteiger partial charge in [0.05, 0.1) is 17.8 Å².